The maximum Gasteiger partial charge on any atom is 0.294 e. The second-order valence-electron chi connectivity index (χ2n) is 5.46. The number of benzene rings is 3. The summed E-state index contributed by atoms with van der Waals surface area (Å²) < 4.78 is 62.6. The monoisotopic (exact) mass is 408 g/mol. The molecule has 0 unspecified atom stereocenters. The Kier molecular flexibility index (Phi) is 4.70. The lowest BCUT2D eigenvalue weighted by Gasteiger charge is -2.06. The third kappa shape index (κ3) is 4.11. The molecule has 0 amide bonds. The molecule has 0 saturated heterocycles. The van der Waals surface area contributed by atoms with E-state index in [1.54, 1.807) is 0 Å². The van der Waals surface area contributed by atoms with Crippen LogP contribution < -0.4 is 0 Å². The first-order valence-corrected chi connectivity index (χ1v) is 10.2. The van der Waals surface area contributed by atoms with Crippen molar-refractivity contribution in [3.8, 4) is 5.75 Å². The molecule has 9 nitrogen and oxygen atoms in total. The maximum atomic E-state index is 11.3. The minimum atomic E-state index is -4.43. The fraction of sp³-hybridized carbons (Fsp3) is 0. The Bertz CT molecular complexity index is 1270. The van der Waals surface area contributed by atoms with E-state index in [1.165, 1.54) is 30.3 Å². The molecule has 0 atom stereocenters. The highest BCUT2D eigenvalue weighted by molar-refractivity contribution is 7.86. The zero-order valence-corrected chi connectivity index (χ0v) is 15.0. The molecule has 0 aliphatic heterocycles. The summed E-state index contributed by atoms with van der Waals surface area (Å²) in [5.74, 6) is -0.202. The normalized spacial score (nSPS) is 12.7. The Morgan fingerprint density at radius 1 is 0.667 bits per heavy atom. The number of aromatic hydroxyl groups is 1. The van der Waals surface area contributed by atoms with Crippen molar-refractivity contribution < 1.29 is 31.0 Å². The molecule has 0 radical (unpaired) electrons. The van der Waals surface area contributed by atoms with Crippen molar-refractivity contribution >= 4 is 42.4 Å². The number of fused-ring (bicyclic) bond motifs is 1. The van der Waals surface area contributed by atoms with E-state index in [1.807, 2.05) is 0 Å². The molecule has 0 bridgehead atoms. The molecule has 140 valence electrons. The molecule has 11 heteroatoms. The van der Waals surface area contributed by atoms with Gasteiger partial charge in [0.15, 0.2) is 0 Å². The Labute approximate surface area is 154 Å². The molecule has 3 rings (SSSR count). The molecular weight excluding hydrogens is 396 g/mol. The molecule has 3 N–H and O–H groups in total. The highest BCUT2D eigenvalue weighted by Crippen LogP contribution is 2.35. The van der Waals surface area contributed by atoms with Crippen molar-refractivity contribution in [3.63, 3.8) is 0 Å². The number of hydrogen-bond donors (Lipinski definition) is 3. The van der Waals surface area contributed by atoms with Crippen molar-refractivity contribution in [2.75, 3.05) is 0 Å². The fourth-order valence-corrected chi connectivity index (χ4v) is 3.33. The van der Waals surface area contributed by atoms with Crippen LogP contribution in [-0.2, 0) is 20.2 Å². The molecule has 27 heavy (non-hydrogen) atoms. The molecule has 0 heterocycles. The number of phenols is 1. The van der Waals surface area contributed by atoms with E-state index in [0.29, 0.717) is 16.8 Å². The van der Waals surface area contributed by atoms with Crippen LogP contribution in [0.4, 0.5) is 11.4 Å². The largest absolute Gasteiger partial charge is 0.507 e. The van der Waals surface area contributed by atoms with Crippen LogP contribution in [0.25, 0.3) is 10.8 Å². The molecule has 0 aromatic heterocycles. The summed E-state index contributed by atoms with van der Waals surface area (Å²) in [6, 6.07) is 11.4. The lowest BCUT2D eigenvalue weighted by atomic mass is 10.1. The number of nitrogens with zero attached hydrogens (tertiary/aromatic N) is 2. The second kappa shape index (κ2) is 6.70. The van der Waals surface area contributed by atoms with Gasteiger partial charge in [0, 0.05) is 10.8 Å². The number of azo groups is 1. The van der Waals surface area contributed by atoms with Crippen LogP contribution in [0.1, 0.15) is 0 Å². The van der Waals surface area contributed by atoms with E-state index < -0.39 is 20.2 Å². The quantitative estimate of drug-likeness (QED) is 0.441. The Balaban J connectivity index is 2.02. The zero-order valence-electron chi connectivity index (χ0n) is 13.4. The van der Waals surface area contributed by atoms with Crippen LogP contribution in [0.5, 0.6) is 5.75 Å². The third-order valence-electron chi connectivity index (χ3n) is 3.65. The average molecular weight is 408 g/mol. The maximum absolute atomic E-state index is 11.3. The lowest BCUT2D eigenvalue weighted by molar-refractivity contribution is 0.479. The minimum Gasteiger partial charge on any atom is -0.507 e. The lowest BCUT2D eigenvalue weighted by Crippen LogP contribution is -1.97. The van der Waals surface area contributed by atoms with Gasteiger partial charge in [-0.25, -0.2) is 0 Å². The molecule has 0 fully saturated rings. The second-order valence-corrected chi connectivity index (χ2v) is 8.30. The first-order chi connectivity index (χ1) is 12.6. The van der Waals surface area contributed by atoms with E-state index in [4.69, 9.17) is 9.11 Å². The standard InChI is InChI=1S/C16H12N2O7S2/c19-16-8-7-15(13-6-5-12(9-14(13)16)27(23,24)25)18-17-10-1-3-11(4-2-10)26(20,21)22/h1-9,19H,(H,20,21,22)(H,23,24,25). The molecule has 0 aliphatic rings. The van der Waals surface area contributed by atoms with E-state index in [0.717, 1.165) is 24.3 Å². The Hall–Kier alpha value is -2.86. The summed E-state index contributed by atoms with van der Waals surface area (Å²) >= 11 is 0. The zero-order chi connectivity index (χ0) is 19.8. The van der Waals surface area contributed by atoms with Crippen LogP contribution in [0.2, 0.25) is 0 Å². The Morgan fingerprint density at radius 2 is 1.26 bits per heavy atom. The van der Waals surface area contributed by atoms with Gasteiger partial charge in [-0.3, -0.25) is 9.11 Å². The van der Waals surface area contributed by atoms with Crippen molar-refractivity contribution in [3.05, 3.63) is 54.6 Å². The van der Waals surface area contributed by atoms with Gasteiger partial charge in [-0.2, -0.15) is 21.9 Å². The topological polar surface area (TPSA) is 154 Å². The van der Waals surface area contributed by atoms with Crippen molar-refractivity contribution in [2.45, 2.75) is 9.79 Å². The SMILES string of the molecule is O=S(=O)(O)c1ccc(N=Nc2ccc(O)c3cc(S(=O)(=O)O)ccc23)cc1. The highest BCUT2D eigenvalue weighted by atomic mass is 32.2. The van der Waals surface area contributed by atoms with Gasteiger partial charge < -0.3 is 5.11 Å². The summed E-state index contributed by atoms with van der Waals surface area (Å²) in [4.78, 5) is -0.658. The van der Waals surface area contributed by atoms with Gasteiger partial charge in [0.2, 0.25) is 0 Å². The molecule has 0 spiro atoms. The van der Waals surface area contributed by atoms with Gasteiger partial charge in [-0.15, -0.1) is 5.11 Å². The molecule has 0 aliphatic carbocycles. The first kappa shape index (κ1) is 18.9. The van der Waals surface area contributed by atoms with Gasteiger partial charge >= 0.3 is 0 Å². The fourth-order valence-electron chi connectivity index (χ4n) is 2.34. The van der Waals surface area contributed by atoms with Crippen molar-refractivity contribution in [1.29, 1.82) is 0 Å². The van der Waals surface area contributed by atoms with Crippen molar-refractivity contribution in [2.24, 2.45) is 10.2 Å². The van der Waals surface area contributed by atoms with Crippen LogP contribution in [0.15, 0.2) is 74.6 Å². The van der Waals surface area contributed by atoms with E-state index in [9.17, 15) is 21.9 Å². The molecular formula is C16H12N2O7S2. The number of phenolic OH excluding ortho intramolecular Hbond substituents is 1. The van der Waals surface area contributed by atoms with Gasteiger partial charge in [-0.05, 0) is 48.5 Å². The molecule has 0 saturated carbocycles. The van der Waals surface area contributed by atoms with E-state index >= 15 is 0 Å². The highest BCUT2D eigenvalue weighted by Gasteiger charge is 2.13. The predicted octanol–water partition coefficient (Wildman–Crippen LogP) is 3.45. The van der Waals surface area contributed by atoms with Crippen LogP contribution in [0.3, 0.4) is 0 Å². The van der Waals surface area contributed by atoms with E-state index in [2.05, 4.69) is 10.2 Å². The predicted molar refractivity (Wildman–Crippen MR) is 95.9 cm³/mol. The minimum absolute atomic E-state index is 0.156. The van der Waals surface area contributed by atoms with E-state index in [-0.39, 0.29) is 20.9 Å². The summed E-state index contributed by atoms with van der Waals surface area (Å²) in [6.07, 6.45) is 0. The average Bonchev–Trinajstić information content (AvgIpc) is 2.60. The van der Waals surface area contributed by atoms with Gasteiger partial charge in [-0.1, -0.05) is 6.07 Å². The number of rotatable bonds is 4. The summed E-state index contributed by atoms with van der Waals surface area (Å²) in [5, 5.41) is 18.5. The van der Waals surface area contributed by atoms with Crippen LogP contribution in [-0.4, -0.2) is 31.0 Å². The summed E-state index contributed by atoms with van der Waals surface area (Å²) in [6.45, 7) is 0. The van der Waals surface area contributed by atoms with Gasteiger partial charge in [0.05, 0.1) is 21.2 Å². The Morgan fingerprint density at radius 3 is 1.85 bits per heavy atom. The smallest absolute Gasteiger partial charge is 0.294 e. The van der Waals surface area contributed by atoms with Crippen LogP contribution in [0, 0.1) is 0 Å². The van der Waals surface area contributed by atoms with Gasteiger partial charge in [0.25, 0.3) is 20.2 Å². The molecule has 3 aromatic carbocycles. The van der Waals surface area contributed by atoms with Crippen molar-refractivity contribution in [1.82, 2.24) is 0 Å². The summed E-state index contributed by atoms with van der Waals surface area (Å²) in [7, 11) is -8.74. The van der Waals surface area contributed by atoms with Crippen LogP contribution >= 0.6 is 0 Å². The van der Waals surface area contributed by atoms with Gasteiger partial charge in [0.1, 0.15) is 5.75 Å². The first-order valence-electron chi connectivity index (χ1n) is 7.28. The summed E-state index contributed by atoms with van der Waals surface area (Å²) in [5.41, 5.74) is 0.613. The number of hydrogen-bond acceptors (Lipinski definition) is 7. The third-order valence-corrected chi connectivity index (χ3v) is 5.37. The molecule has 3 aromatic rings.